The van der Waals surface area contributed by atoms with Gasteiger partial charge in [0.25, 0.3) is 0 Å². The van der Waals surface area contributed by atoms with E-state index in [2.05, 4.69) is 31.7 Å². The molecule has 31 heavy (non-hydrogen) atoms. The molecule has 2 aromatic heterocycles. The van der Waals surface area contributed by atoms with Crippen molar-refractivity contribution in [2.45, 2.75) is 18.9 Å². The number of aliphatic hydroxyl groups is 1. The van der Waals surface area contributed by atoms with Crippen LogP contribution in [0.5, 0.6) is 11.5 Å². The Balaban J connectivity index is 1.38. The normalized spacial score (nSPS) is 20.8. The topological polar surface area (TPSA) is 107 Å². The maximum absolute atomic E-state index is 9.81. The van der Waals surface area contributed by atoms with Crippen molar-refractivity contribution < 1.29 is 19.3 Å². The zero-order chi connectivity index (χ0) is 21.2. The molecule has 2 aliphatic heterocycles. The van der Waals surface area contributed by atoms with Crippen molar-refractivity contribution in [3.63, 3.8) is 0 Å². The van der Waals surface area contributed by atoms with Crippen molar-refractivity contribution in [2.75, 3.05) is 38.4 Å². The summed E-state index contributed by atoms with van der Waals surface area (Å²) in [5.74, 6) is 2.18. The Labute approximate surface area is 179 Å². The smallest absolute Gasteiger partial charge is 0.231 e. The van der Waals surface area contributed by atoms with Gasteiger partial charge in [-0.05, 0) is 17.7 Å². The van der Waals surface area contributed by atoms with Gasteiger partial charge >= 0.3 is 0 Å². The van der Waals surface area contributed by atoms with E-state index in [9.17, 15) is 5.11 Å². The molecule has 0 bridgehead atoms. The second-order valence-corrected chi connectivity index (χ2v) is 7.49. The number of aliphatic hydroxyl groups excluding tert-OH is 1. The van der Waals surface area contributed by atoms with E-state index in [1.807, 2.05) is 22.8 Å². The van der Waals surface area contributed by atoms with Gasteiger partial charge in [0.05, 0.1) is 19.0 Å². The van der Waals surface area contributed by atoms with Crippen LogP contribution in [0.3, 0.4) is 0 Å². The minimum absolute atomic E-state index is 0.0676. The summed E-state index contributed by atoms with van der Waals surface area (Å²) in [5, 5.41) is 13.0. The third-order valence-corrected chi connectivity index (χ3v) is 5.36. The van der Waals surface area contributed by atoms with Crippen LogP contribution < -0.4 is 14.8 Å². The van der Waals surface area contributed by atoms with Gasteiger partial charge in [0.2, 0.25) is 6.79 Å². The summed E-state index contributed by atoms with van der Waals surface area (Å²) >= 11 is 0. The summed E-state index contributed by atoms with van der Waals surface area (Å²) < 4.78 is 18.9. The number of nitrogens with zero attached hydrogens (tertiary/aromatic N) is 5. The van der Waals surface area contributed by atoms with Gasteiger partial charge in [-0.1, -0.05) is 12.1 Å². The second kappa shape index (κ2) is 8.50. The number of hydrogen-bond donors (Lipinski definition) is 2. The van der Waals surface area contributed by atoms with Gasteiger partial charge in [0, 0.05) is 26.2 Å². The number of anilines is 1. The highest BCUT2D eigenvalue weighted by Gasteiger charge is 2.30. The molecular formula is C21H24N6O4. The van der Waals surface area contributed by atoms with Crippen LogP contribution in [-0.2, 0) is 11.3 Å². The van der Waals surface area contributed by atoms with E-state index < -0.39 is 0 Å². The molecule has 0 aliphatic carbocycles. The monoisotopic (exact) mass is 424 g/mol. The zero-order valence-electron chi connectivity index (χ0n) is 17.0. The van der Waals surface area contributed by atoms with E-state index >= 15 is 0 Å². The molecule has 1 fully saturated rings. The zero-order valence-corrected chi connectivity index (χ0v) is 17.0. The third kappa shape index (κ3) is 3.92. The number of benzene rings is 1. The van der Waals surface area contributed by atoms with Crippen LogP contribution in [0, 0.1) is 0 Å². The SMILES string of the molecule is C=CCNc1ncnc2c1ncn2[C@H]1CN(Cc2ccc3c(c2)OCO3)C[C@@H](CO)O1. The van der Waals surface area contributed by atoms with Crippen molar-refractivity contribution >= 4 is 17.0 Å². The Kier molecular flexibility index (Phi) is 5.41. The first-order chi connectivity index (χ1) is 15.2. The highest BCUT2D eigenvalue weighted by atomic mass is 16.7. The van der Waals surface area contributed by atoms with Gasteiger partial charge in [-0.2, -0.15) is 0 Å². The molecule has 10 heteroatoms. The fourth-order valence-corrected chi connectivity index (χ4v) is 3.93. The quantitative estimate of drug-likeness (QED) is 0.546. The third-order valence-electron chi connectivity index (χ3n) is 5.36. The van der Waals surface area contributed by atoms with Crippen molar-refractivity contribution in [3.05, 3.63) is 49.1 Å². The number of aromatic nitrogens is 4. The fourth-order valence-electron chi connectivity index (χ4n) is 3.93. The molecule has 5 rings (SSSR count). The van der Waals surface area contributed by atoms with Crippen LogP contribution in [0.2, 0.25) is 0 Å². The summed E-state index contributed by atoms with van der Waals surface area (Å²) in [5.41, 5.74) is 2.45. The molecule has 2 atom stereocenters. The molecule has 0 radical (unpaired) electrons. The van der Waals surface area contributed by atoms with E-state index in [4.69, 9.17) is 14.2 Å². The number of ether oxygens (including phenoxy) is 3. The molecule has 0 spiro atoms. The highest BCUT2D eigenvalue weighted by Crippen LogP contribution is 2.33. The Morgan fingerprint density at radius 3 is 2.97 bits per heavy atom. The summed E-state index contributed by atoms with van der Waals surface area (Å²) in [6, 6.07) is 5.96. The number of imidazole rings is 1. The molecule has 162 valence electrons. The molecule has 0 amide bonds. The lowest BCUT2D eigenvalue weighted by Crippen LogP contribution is -2.46. The predicted molar refractivity (Wildman–Crippen MR) is 113 cm³/mol. The first-order valence-electron chi connectivity index (χ1n) is 10.1. The molecule has 3 aromatic rings. The van der Waals surface area contributed by atoms with Crippen LogP contribution in [-0.4, -0.2) is 68.7 Å². The Hall–Kier alpha value is -3.21. The van der Waals surface area contributed by atoms with Crippen LogP contribution in [0.4, 0.5) is 5.82 Å². The molecule has 10 nitrogen and oxygen atoms in total. The van der Waals surface area contributed by atoms with Crippen LogP contribution in [0.15, 0.2) is 43.5 Å². The highest BCUT2D eigenvalue weighted by molar-refractivity contribution is 5.82. The van der Waals surface area contributed by atoms with Gasteiger partial charge in [-0.15, -0.1) is 6.58 Å². The number of hydrogen-bond acceptors (Lipinski definition) is 9. The van der Waals surface area contributed by atoms with Gasteiger partial charge in [-0.3, -0.25) is 9.47 Å². The Morgan fingerprint density at radius 1 is 1.19 bits per heavy atom. The number of morpholine rings is 1. The van der Waals surface area contributed by atoms with Crippen LogP contribution >= 0.6 is 0 Å². The summed E-state index contributed by atoms with van der Waals surface area (Å²) in [7, 11) is 0. The number of fused-ring (bicyclic) bond motifs is 2. The molecule has 2 aliphatic rings. The predicted octanol–water partition coefficient (Wildman–Crippen LogP) is 1.54. The fraction of sp³-hybridized carbons (Fsp3) is 0.381. The van der Waals surface area contributed by atoms with Gasteiger partial charge in [0.15, 0.2) is 28.5 Å². The van der Waals surface area contributed by atoms with E-state index in [-0.39, 0.29) is 25.7 Å². The van der Waals surface area contributed by atoms with Gasteiger partial charge in [0.1, 0.15) is 12.6 Å². The Morgan fingerprint density at radius 2 is 2.10 bits per heavy atom. The van der Waals surface area contributed by atoms with E-state index in [1.54, 1.807) is 12.4 Å². The summed E-state index contributed by atoms with van der Waals surface area (Å²) in [4.78, 5) is 15.4. The van der Waals surface area contributed by atoms with Crippen molar-refractivity contribution in [2.24, 2.45) is 0 Å². The summed E-state index contributed by atoms with van der Waals surface area (Å²) in [6.45, 7) is 6.42. The number of nitrogens with one attached hydrogen (secondary N) is 1. The Bertz CT molecular complexity index is 1090. The van der Waals surface area contributed by atoms with Crippen molar-refractivity contribution in [3.8, 4) is 11.5 Å². The molecule has 4 heterocycles. The average molecular weight is 424 g/mol. The second-order valence-electron chi connectivity index (χ2n) is 7.49. The lowest BCUT2D eigenvalue weighted by Gasteiger charge is -2.37. The largest absolute Gasteiger partial charge is 0.454 e. The first-order valence-corrected chi connectivity index (χ1v) is 10.1. The molecule has 2 N–H and O–H groups in total. The molecule has 0 saturated carbocycles. The van der Waals surface area contributed by atoms with Crippen molar-refractivity contribution in [1.29, 1.82) is 0 Å². The minimum atomic E-state index is -0.341. The maximum Gasteiger partial charge on any atom is 0.231 e. The standard InChI is InChI=1S/C21H24N6O4/c1-2-5-22-20-19-21(24-11-23-20)27(12-25-19)18-9-26(8-15(10-28)31-18)7-14-3-4-16-17(6-14)30-13-29-16/h2-4,6,11-12,15,18,28H,1,5,7-10,13H2,(H,22,23,24)/t15-,18+/m0/s1. The molecule has 1 aromatic carbocycles. The maximum atomic E-state index is 9.81. The average Bonchev–Trinajstić information content (AvgIpc) is 3.44. The van der Waals surface area contributed by atoms with E-state index in [0.717, 1.165) is 17.1 Å². The molecule has 0 unspecified atom stereocenters. The van der Waals surface area contributed by atoms with Crippen LogP contribution in [0.1, 0.15) is 11.8 Å². The van der Waals surface area contributed by atoms with Gasteiger partial charge < -0.3 is 24.6 Å². The first kappa shape index (κ1) is 19.7. The molecular weight excluding hydrogens is 400 g/mol. The van der Waals surface area contributed by atoms with Gasteiger partial charge in [-0.25, -0.2) is 15.0 Å². The lowest BCUT2D eigenvalue weighted by atomic mass is 10.1. The number of rotatable bonds is 7. The van der Waals surface area contributed by atoms with E-state index in [0.29, 0.717) is 43.2 Å². The summed E-state index contributed by atoms with van der Waals surface area (Å²) in [6.07, 6.45) is 4.32. The van der Waals surface area contributed by atoms with E-state index in [1.165, 1.54) is 6.33 Å². The van der Waals surface area contributed by atoms with Crippen molar-refractivity contribution in [1.82, 2.24) is 24.4 Å². The molecule has 1 saturated heterocycles. The lowest BCUT2D eigenvalue weighted by molar-refractivity contribution is -0.135. The minimum Gasteiger partial charge on any atom is -0.454 e. The van der Waals surface area contributed by atoms with Crippen LogP contribution in [0.25, 0.3) is 11.2 Å².